The van der Waals surface area contributed by atoms with E-state index in [-0.39, 0.29) is 29.5 Å². The summed E-state index contributed by atoms with van der Waals surface area (Å²) in [6.45, 7) is -0.234. The van der Waals surface area contributed by atoms with Crippen molar-refractivity contribution >= 4 is 23.4 Å². The van der Waals surface area contributed by atoms with Crippen molar-refractivity contribution in [2.24, 2.45) is 0 Å². The van der Waals surface area contributed by atoms with E-state index in [4.69, 9.17) is 19.5 Å². The number of benzene rings is 1. The first kappa shape index (κ1) is 21.1. The summed E-state index contributed by atoms with van der Waals surface area (Å²) in [5.74, 6) is -1.02. The second kappa shape index (κ2) is 10.2. The van der Waals surface area contributed by atoms with E-state index in [0.29, 0.717) is 10.8 Å². The molecule has 28 heavy (non-hydrogen) atoms. The highest BCUT2D eigenvalue weighted by molar-refractivity contribution is 8.02. The van der Waals surface area contributed by atoms with Crippen LogP contribution in [0.5, 0.6) is 11.5 Å². The highest BCUT2D eigenvalue weighted by Gasteiger charge is 2.22. The lowest BCUT2D eigenvalue weighted by Gasteiger charge is -2.14. The van der Waals surface area contributed by atoms with Crippen LogP contribution in [0.25, 0.3) is 0 Å². The molecule has 1 N–H and O–H groups in total. The minimum Gasteiger partial charge on any atom is -0.496 e. The number of hydrogen-bond acceptors (Lipinski definition) is 9. The Labute approximate surface area is 165 Å². The molecule has 1 aromatic carbocycles. The molecule has 0 saturated carbocycles. The van der Waals surface area contributed by atoms with Crippen LogP contribution in [-0.2, 0) is 4.74 Å². The standard InChI is InChI=1S/C18H17FN4O4S/c1-25-10-27-18-12(19)4-5-14(26-2)17(18)13(24)6-16(28-3)23-15-9-21-11(7-20)8-22-15/h4-6,8-9H,10H2,1-3H3,(H,22,23)/b16-6-. The number of nitriles is 1. The number of methoxy groups -OCH3 is 2. The van der Waals surface area contributed by atoms with Gasteiger partial charge in [0.1, 0.15) is 23.2 Å². The van der Waals surface area contributed by atoms with Gasteiger partial charge < -0.3 is 19.5 Å². The summed E-state index contributed by atoms with van der Waals surface area (Å²) in [4.78, 5) is 20.8. The van der Waals surface area contributed by atoms with E-state index in [0.717, 1.165) is 6.07 Å². The van der Waals surface area contributed by atoms with Gasteiger partial charge in [-0.1, -0.05) is 0 Å². The van der Waals surface area contributed by atoms with Gasteiger partial charge >= 0.3 is 0 Å². The summed E-state index contributed by atoms with van der Waals surface area (Å²) < 4.78 is 29.4. The summed E-state index contributed by atoms with van der Waals surface area (Å²) in [6.07, 6.45) is 5.67. The number of halogens is 1. The van der Waals surface area contributed by atoms with Gasteiger partial charge in [0.2, 0.25) is 0 Å². The van der Waals surface area contributed by atoms with Crippen LogP contribution in [0.2, 0.25) is 0 Å². The minimum absolute atomic E-state index is 0.0705. The maximum Gasteiger partial charge on any atom is 0.196 e. The van der Waals surface area contributed by atoms with E-state index >= 15 is 0 Å². The summed E-state index contributed by atoms with van der Waals surface area (Å²) in [5, 5.41) is 12.1. The molecular formula is C18H17FN4O4S. The molecule has 0 saturated heterocycles. The van der Waals surface area contributed by atoms with Gasteiger partial charge in [-0.2, -0.15) is 5.26 Å². The number of aromatic nitrogens is 2. The Hall–Kier alpha value is -3.16. The van der Waals surface area contributed by atoms with Crippen molar-refractivity contribution in [3.8, 4) is 17.6 Å². The van der Waals surface area contributed by atoms with E-state index < -0.39 is 11.6 Å². The molecule has 146 valence electrons. The Morgan fingerprint density at radius 2 is 2.14 bits per heavy atom. The smallest absolute Gasteiger partial charge is 0.196 e. The van der Waals surface area contributed by atoms with Crippen molar-refractivity contribution in [1.29, 1.82) is 5.26 Å². The molecule has 0 aliphatic heterocycles. The second-order valence-corrected chi connectivity index (χ2v) is 5.95. The predicted molar refractivity (Wildman–Crippen MR) is 102 cm³/mol. The maximum atomic E-state index is 14.2. The number of nitrogens with zero attached hydrogens (tertiary/aromatic N) is 3. The van der Waals surface area contributed by atoms with Gasteiger partial charge in [0.25, 0.3) is 0 Å². The Morgan fingerprint density at radius 3 is 2.71 bits per heavy atom. The van der Waals surface area contributed by atoms with E-state index in [1.165, 1.54) is 50.5 Å². The third kappa shape index (κ3) is 5.18. The summed E-state index contributed by atoms with van der Waals surface area (Å²) in [6, 6.07) is 4.35. The number of rotatable bonds is 9. The molecule has 0 unspecified atom stereocenters. The molecule has 0 spiro atoms. The topological polar surface area (TPSA) is 106 Å². The van der Waals surface area contributed by atoms with E-state index in [1.807, 2.05) is 6.07 Å². The van der Waals surface area contributed by atoms with Gasteiger partial charge in [-0.3, -0.25) is 4.79 Å². The third-order valence-electron chi connectivity index (χ3n) is 3.36. The molecule has 0 fully saturated rings. The summed E-state index contributed by atoms with van der Waals surface area (Å²) in [5.41, 5.74) is 0.0968. The van der Waals surface area contributed by atoms with Crippen LogP contribution in [-0.4, -0.2) is 43.0 Å². The van der Waals surface area contributed by atoms with Crippen molar-refractivity contribution < 1.29 is 23.4 Å². The third-order valence-corrected chi connectivity index (χ3v) is 4.02. The van der Waals surface area contributed by atoms with E-state index in [9.17, 15) is 9.18 Å². The fraction of sp³-hybridized carbons (Fsp3) is 0.222. The van der Waals surface area contributed by atoms with Gasteiger partial charge in [-0.25, -0.2) is 14.4 Å². The molecule has 0 aliphatic rings. The largest absolute Gasteiger partial charge is 0.496 e. The van der Waals surface area contributed by atoms with Crippen molar-refractivity contribution in [2.45, 2.75) is 0 Å². The van der Waals surface area contributed by atoms with Crippen LogP contribution in [0.1, 0.15) is 16.1 Å². The molecule has 0 radical (unpaired) electrons. The number of thioether (sulfide) groups is 1. The fourth-order valence-corrected chi connectivity index (χ4v) is 2.55. The van der Waals surface area contributed by atoms with Gasteiger partial charge in [-0.05, 0) is 18.4 Å². The normalized spacial score (nSPS) is 10.9. The zero-order valence-electron chi connectivity index (χ0n) is 15.4. The molecule has 2 aromatic rings. The number of ketones is 1. The number of hydrogen-bond donors (Lipinski definition) is 1. The number of ether oxygens (including phenoxy) is 3. The first-order chi connectivity index (χ1) is 13.5. The molecule has 2 rings (SSSR count). The molecule has 0 atom stereocenters. The van der Waals surface area contributed by atoms with E-state index in [2.05, 4.69) is 15.3 Å². The number of carbonyl (C=O) groups is 1. The lowest BCUT2D eigenvalue weighted by molar-refractivity contribution is 0.0473. The van der Waals surface area contributed by atoms with Crippen LogP contribution >= 0.6 is 11.8 Å². The molecule has 10 heteroatoms. The molecule has 1 aromatic heterocycles. The predicted octanol–water partition coefficient (Wildman–Crippen LogP) is 2.98. The molecular weight excluding hydrogens is 387 g/mol. The van der Waals surface area contributed by atoms with Crippen molar-refractivity contribution in [3.63, 3.8) is 0 Å². The quantitative estimate of drug-likeness (QED) is 0.383. The van der Waals surface area contributed by atoms with Crippen molar-refractivity contribution in [3.05, 3.63) is 52.7 Å². The van der Waals surface area contributed by atoms with Crippen molar-refractivity contribution in [1.82, 2.24) is 9.97 Å². The molecule has 1 heterocycles. The highest BCUT2D eigenvalue weighted by Crippen LogP contribution is 2.33. The molecule has 8 nitrogen and oxygen atoms in total. The summed E-state index contributed by atoms with van der Waals surface area (Å²) >= 11 is 1.24. The van der Waals surface area contributed by atoms with Crippen LogP contribution < -0.4 is 14.8 Å². The van der Waals surface area contributed by atoms with Crippen molar-refractivity contribution in [2.75, 3.05) is 32.6 Å². The monoisotopic (exact) mass is 404 g/mol. The number of anilines is 1. The van der Waals surface area contributed by atoms with E-state index in [1.54, 1.807) is 6.26 Å². The SMILES string of the molecule is COCOc1c(F)ccc(OC)c1C(=O)/C=C(/Nc1cnc(C#N)cn1)SC. The Kier molecular flexibility index (Phi) is 7.74. The van der Waals surface area contributed by atoms with Gasteiger partial charge in [-0.15, -0.1) is 11.8 Å². The fourth-order valence-electron chi connectivity index (χ4n) is 2.12. The van der Waals surface area contributed by atoms with Crippen LogP contribution in [0.15, 0.2) is 35.6 Å². The Balaban J connectivity index is 2.36. The average molecular weight is 404 g/mol. The lowest BCUT2D eigenvalue weighted by atomic mass is 10.1. The zero-order valence-corrected chi connectivity index (χ0v) is 16.2. The maximum absolute atomic E-state index is 14.2. The van der Waals surface area contributed by atoms with Gasteiger partial charge in [0.15, 0.2) is 29.8 Å². The van der Waals surface area contributed by atoms with Crippen LogP contribution in [0.4, 0.5) is 10.2 Å². The molecule has 0 bridgehead atoms. The average Bonchev–Trinajstić information content (AvgIpc) is 2.72. The number of carbonyl (C=O) groups excluding carboxylic acids is 1. The zero-order chi connectivity index (χ0) is 20.5. The Morgan fingerprint density at radius 1 is 1.36 bits per heavy atom. The lowest BCUT2D eigenvalue weighted by Crippen LogP contribution is -2.10. The number of allylic oxidation sites excluding steroid dienone is 1. The molecule has 0 amide bonds. The van der Waals surface area contributed by atoms with Crippen LogP contribution in [0.3, 0.4) is 0 Å². The Bertz CT molecular complexity index is 913. The van der Waals surface area contributed by atoms with Gasteiger partial charge in [0.05, 0.1) is 24.5 Å². The minimum atomic E-state index is -0.716. The number of nitrogens with one attached hydrogen (secondary N) is 1. The van der Waals surface area contributed by atoms with Crippen LogP contribution in [0, 0.1) is 17.1 Å². The second-order valence-electron chi connectivity index (χ2n) is 5.11. The molecule has 0 aliphatic carbocycles. The summed E-state index contributed by atoms with van der Waals surface area (Å²) in [7, 11) is 2.75. The first-order valence-corrected chi connectivity index (χ1v) is 9.03. The highest BCUT2D eigenvalue weighted by atomic mass is 32.2. The van der Waals surface area contributed by atoms with Gasteiger partial charge in [0, 0.05) is 13.2 Å². The first-order valence-electron chi connectivity index (χ1n) is 7.81.